The van der Waals surface area contributed by atoms with Gasteiger partial charge in [-0.3, -0.25) is 0 Å². The highest BCUT2D eigenvalue weighted by Gasteiger charge is 2.38. The summed E-state index contributed by atoms with van der Waals surface area (Å²) in [6.07, 6.45) is 0.909. The lowest BCUT2D eigenvalue weighted by molar-refractivity contribution is -0.0413. The van der Waals surface area contributed by atoms with Crippen LogP contribution in [0.25, 0.3) is 0 Å². The molecule has 0 spiro atoms. The first-order valence-electron chi connectivity index (χ1n) is 11.8. The predicted octanol–water partition coefficient (Wildman–Crippen LogP) is 6.72. The van der Waals surface area contributed by atoms with Crippen LogP contribution < -0.4 is 0 Å². The van der Waals surface area contributed by atoms with Crippen LogP contribution in [0.15, 0.2) is 127 Å². The highest BCUT2D eigenvalue weighted by Crippen LogP contribution is 2.40. The first-order chi connectivity index (χ1) is 18.1. The fourth-order valence-corrected chi connectivity index (χ4v) is 4.23. The van der Waals surface area contributed by atoms with Gasteiger partial charge in [-0.1, -0.05) is 108 Å². The molecule has 1 N–H and O–H groups in total. The Morgan fingerprint density at radius 3 is 1.78 bits per heavy atom. The number of benzene rings is 4. The molecule has 4 nitrogen and oxygen atoms in total. The van der Waals surface area contributed by atoms with Crippen LogP contribution in [0.1, 0.15) is 22.3 Å². The van der Waals surface area contributed by atoms with Gasteiger partial charge < -0.3 is 14.7 Å². The fourth-order valence-electron chi connectivity index (χ4n) is 4.23. The number of hydrogen-bond donors (Lipinski definition) is 1. The molecule has 4 rings (SSSR count). The molecule has 4 aromatic rings. The smallest absolute Gasteiger partial charge is 0.168 e. The minimum atomic E-state index is -1.11. The molecular formula is C31H27F2NO3. The molecule has 37 heavy (non-hydrogen) atoms. The Labute approximate surface area is 215 Å². The van der Waals surface area contributed by atoms with Crippen molar-refractivity contribution >= 4 is 5.71 Å². The van der Waals surface area contributed by atoms with Gasteiger partial charge in [0, 0.05) is 5.56 Å². The van der Waals surface area contributed by atoms with Crippen LogP contribution in [0.4, 0.5) is 8.78 Å². The Morgan fingerprint density at radius 2 is 1.32 bits per heavy atom. The van der Waals surface area contributed by atoms with Crippen molar-refractivity contribution in [3.8, 4) is 0 Å². The number of ether oxygens (including phenoxy) is 2. The van der Waals surface area contributed by atoms with E-state index in [2.05, 4.69) is 11.7 Å². The molecule has 0 amide bonds. The third-order valence-electron chi connectivity index (χ3n) is 6.09. The third-order valence-corrected chi connectivity index (χ3v) is 6.09. The molecule has 0 saturated heterocycles. The number of halogens is 2. The average Bonchev–Trinajstić information content (AvgIpc) is 2.96. The summed E-state index contributed by atoms with van der Waals surface area (Å²) in [5.74, 6) is -2.15. The van der Waals surface area contributed by atoms with Gasteiger partial charge in [-0.2, -0.15) is 0 Å². The summed E-state index contributed by atoms with van der Waals surface area (Å²) in [6.45, 7) is 3.64. The van der Waals surface area contributed by atoms with Gasteiger partial charge in [0.05, 0.1) is 19.3 Å². The molecule has 0 fully saturated rings. The quantitative estimate of drug-likeness (QED) is 0.0819. The molecule has 0 saturated carbocycles. The Kier molecular flexibility index (Phi) is 8.56. The van der Waals surface area contributed by atoms with Crippen molar-refractivity contribution in [1.29, 1.82) is 0 Å². The summed E-state index contributed by atoms with van der Waals surface area (Å²) in [7, 11) is 0. The lowest BCUT2D eigenvalue weighted by Crippen LogP contribution is -2.36. The fraction of sp³-hybridized carbons (Fsp3) is 0.129. The minimum Gasteiger partial charge on any atom is -0.411 e. The Hall–Kier alpha value is -4.13. The maximum atomic E-state index is 14.2. The zero-order valence-corrected chi connectivity index (χ0v) is 20.1. The highest BCUT2D eigenvalue weighted by molar-refractivity contribution is 6.01. The van der Waals surface area contributed by atoms with Crippen molar-refractivity contribution in [2.45, 2.75) is 11.7 Å². The van der Waals surface area contributed by atoms with Gasteiger partial charge >= 0.3 is 0 Å². The second-order valence-electron chi connectivity index (χ2n) is 8.32. The summed E-state index contributed by atoms with van der Waals surface area (Å²) in [6, 6.07) is 33.3. The van der Waals surface area contributed by atoms with E-state index in [0.29, 0.717) is 0 Å². The topological polar surface area (TPSA) is 51.0 Å². The van der Waals surface area contributed by atoms with E-state index in [-0.39, 0.29) is 24.5 Å². The molecule has 188 valence electrons. The van der Waals surface area contributed by atoms with Crippen LogP contribution in [-0.4, -0.2) is 30.2 Å². The van der Waals surface area contributed by atoms with Crippen LogP contribution in [-0.2, 0) is 15.1 Å². The van der Waals surface area contributed by atoms with Gasteiger partial charge in [-0.05, 0) is 28.8 Å². The number of nitrogens with zero attached hydrogens (tertiary/aromatic N) is 1. The molecule has 1 unspecified atom stereocenters. The first-order valence-corrected chi connectivity index (χ1v) is 11.8. The average molecular weight is 500 g/mol. The third kappa shape index (κ3) is 5.66. The Morgan fingerprint density at radius 1 is 0.811 bits per heavy atom. The van der Waals surface area contributed by atoms with Crippen molar-refractivity contribution in [2.75, 3.05) is 13.2 Å². The molecule has 0 aliphatic rings. The van der Waals surface area contributed by atoms with Gasteiger partial charge in [0.25, 0.3) is 0 Å². The monoisotopic (exact) mass is 499 g/mol. The van der Waals surface area contributed by atoms with Crippen molar-refractivity contribution in [3.05, 3.63) is 156 Å². The normalized spacial score (nSPS) is 12.8. The van der Waals surface area contributed by atoms with Crippen LogP contribution >= 0.6 is 0 Å². The van der Waals surface area contributed by atoms with E-state index >= 15 is 0 Å². The molecule has 0 aromatic heterocycles. The summed E-state index contributed by atoms with van der Waals surface area (Å²) >= 11 is 0. The van der Waals surface area contributed by atoms with Gasteiger partial charge in [0.1, 0.15) is 11.3 Å². The predicted molar refractivity (Wildman–Crippen MR) is 140 cm³/mol. The number of rotatable bonds is 11. The second kappa shape index (κ2) is 12.2. The van der Waals surface area contributed by atoms with E-state index in [4.69, 9.17) is 9.47 Å². The molecule has 0 radical (unpaired) electrons. The zero-order valence-electron chi connectivity index (χ0n) is 20.1. The molecule has 0 aliphatic carbocycles. The Balaban J connectivity index is 1.64. The molecule has 1 atom stereocenters. The summed E-state index contributed by atoms with van der Waals surface area (Å²) in [4.78, 5) is 0. The molecule has 0 heterocycles. The largest absolute Gasteiger partial charge is 0.411 e. The summed E-state index contributed by atoms with van der Waals surface area (Å²) < 4.78 is 40.5. The highest BCUT2D eigenvalue weighted by atomic mass is 19.2. The minimum absolute atomic E-state index is 0.0759. The summed E-state index contributed by atoms with van der Waals surface area (Å²) in [5, 5.41) is 12.6. The van der Waals surface area contributed by atoms with Crippen molar-refractivity contribution in [1.82, 2.24) is 0 Å². The van der Waals surface area contributed by atoms with Crippen molar-refractivity contribution in [2.24, 2.45) is 5.16 Å². The molecular weight excluding hydrogens is 472 g/mol. The van der Waals surface area contributed by atoms with Crippen molar-refractivity contribution in [3.63, 3.8) is 0 Å². The van der Waals surface area contributed by atoms with E-state index in [9.17, 15) is 14.0 Å². The van der Waals surface area contributed by atoms with E-state index in [1.165, 1.54) is 12.1 Å². The second-order valence-corrected chi connectivity index (χ2v) is 8.32. The van der Waals surface area contributed by atoms with Gasteiger partial charge in [0.15, 0.2) is 11.6 Å². The molecule has 4 aromatic carbocycles. The van der Waals surface area contributed by atoms with E-state index in [0.717, 1.165) is 22.8 Å². The Bertz CT molecular complexity index is 1230. The lowest BCUT2D eigenvalue weighted by Gasteiger charge is -2.36. The van der Waals surface area contributed by atoms with Gasteiger partial charge in [-0.25, -0.2) is 8.78 Å². The zero-order chi connectivity index (χ0) is 26.1. The van der Waals surface area contributed by atoms with Gasteiger partial charge in [0.2, 0.25) is 0 Å². The van der Waals surface area contributed by atoms with Crippen LogP contribution in [0.3, 0.4) is 0 Å². The molecule has 6 heteroatoms. The van der Waals surface area contributed by atoms with Crippen LogP contribution in [0.2, 0.25) is 0 Å². The maximum Gasteiger partial charge on any atom is 0.168 e. The maximum absolute atomic E-state index is 14.2. The van der Waals surface area contributed by atoms with Crippen LogP contribution in [0.5, 0.6) is 0 Å². The SMILES string of the molecule is C=CC(COC(c1ccccc1)(c1ccccc1)c1ccccc1)OC/C(=N/O)c1cccc(F)c1F. The molecule has 0 bridgehead atoms. The van der Waals surface area contributed by atoms with E-state index in [1.807, 2.05) is 91.0 Å². The standard InChI is InChI=1S/C31H27F2NO3/c1-2-26(36-22-29(34-35)27-19-12-20-28(32)30(27)33)21-37-31(23-13-6-3-7-14-23,24-15-8-4-9-16-24)25-17-10-5-11-18-25/h2-20,26,35H,1,21-22H2/b34-29-. The number of hydrogen-bond acceptors (Lipinski definition) is 4. The van der Waals surface area contributed by atoms with E-state index in [1.54, 1.807) is 6.08 Å². The first kappa shape index (κ1) is 25.9. The van der Waals surface area contributed by atoms with E-state index < -0.39 is 23.3 Å². The number of oxime groups is 1. The van der Waals surface area contributed by atoms with Crippen LogP contribution in [0, 0.1) is 11.6 Å². The molecule has 0 aliphatic heterocycles. The van der Waals surface area contributed by atoms with Gasteiger partial charge in [-0.15, -0.1) is 6.58 Å². The van der Waals surface area contributed by atoms with Crippen molar-refractivity contribution < 1.29 is 23.5 Å². The lowest BCUT2D eigenvalue weighted by atomic mass is 9.80. The summed E-state index contributed by atoms with van der Waals surface area (Å²) in [5.41, 5.74) is 1.48.